The maximum atomic E-state index is 12.5. The number of nitriles is 1. The Labute approximate surface area is 199 Å². The molecule has 10 heteroatoms. The molecule has 2 heterocycles. The van der Waals surface area contributed by atoms with Crippen molar-refractivity contribution >= 4 is 16.6 Å². The fraction of sp³-hybridized carbons (Fsp3) is 0.783. The fourth-order valence-electron chi connectivity index (χ4n) is 3.23. The van der Waals surface area contributed by atoms with Crippen LogP contribution in [0.15, 0.2) is 15.8 Å². The highest BCUT2D eigenvalue weighted by Crippen LogP contribution is 2.43. The molecule has 186 valence electrons. The van der Waals surface area contributed by atoms with Gasteiger partial charge in [-0.05, 0) is 43.2 Å². The number of hydrogen-bond donors (Lipinski definition) is 1. The van der Waals surface area contributed by atoms with E-state index >= 15 is 0 Å². The molecule has 0 spiro atoms. The lowest BCUT2D eigenvalue weighted by atomic mass is 10.1. The van der Waals surface area contributed by atoms with Gasteiger partial charge in [0.05, 0.1) is 12.2 Å². The van der Waals surface area contributed by atoms with E-state index < -0.39 is 52.4 Å². The third-order valence-electron chi connectivity index (χ3n) is 7.48. The molecule has 0 aromatic carbocycles. The Bertz CT molecular complexity index is 1010. The molecule has 1 aliphatic rings. The standard InChI is InChI=1S/C23H41N3O5Si2/c1-15-14-26(21(28)25-20(15)27)18-12-16(30-32(8,9)22(2,3)4)19(29-18)17(13-24)31-33(10,11)23(5,6)7/h14,16-19H,12H2,1-11H3,(H,25,27,28)/t16-,17+,18+,19-/m0/s1. The van der Waals surface area contributed by atoms with E-state index in [4.69, 9.17) is 13.6 Å². The van der Waals surface area contributed by atoms with Gasteiger partial charge in [0.1, 0.15) is 12.3 Å². The number of aromatic nitrogens is 2. The third kappa shape index (κ3) is 5.95. The van der Waals surface area contributed by atoms with Crippen molar-refractivity contribution in [2.45, 2.75) is 116 Å². The SMILES string of the molecule is Cc1cn([C@H]2C[C@H](O[Si](C)(C)C(C)(C)C)[C@@H]([C@@H](C#N)O[Si](C)(C)C(C)(C)C)O2)c(=O)[nH]c1=O. The number of aromatic amines is 1. The number of nitrogens with zero attached hydrogens (tertiary/aromatic N) is 2. The Morgan fingerprint density at radius 2 is 1.67 bits per heavy atom. The third-order valence-corrected chi connectivity index (χ3v) is 16.4. The largest absolute Gasteiger partial charge is 0.411 e. The van der Waals surface area contributed by atoms with Crippen LogP contribution in [0.4, 0.5) is 0 Å². The second-order valence-electron chi connectivity index (χ2n) is 12.1. The average Bonchev–Trinajstić information content (AvgIpc) is 3.03. The molecule has 33 heavy (non-hydrogen) atoms. The van der Waals surface area contributed by atoms with Gasteiger partial charge in [-0.25, -0.2) is 4.79 Å². The van der Waals surface area contributed by atoms with Crippen LogP contribution in [0.5, 0.6) is 0 Å². The van der Waals surface area contributed by atoms with E-state index in [0.29, 0.717) is 12.0 Å². The van der Waals surface area contributed by atoms with Crippen molar-refractivity contribution in [2.24, 2.45) is 0 Å². The molecule has 1 aliphatic heterocycles. The summed E-state index contributed by atoms with van der Waals surface area (Å²) < 4.78 is 20.9. The minimum absolute atomic E-state index is 0.0382. The Morgan fingerprint density at radius 1 is 1.12 bits per heavy atom. The van der Waals surface area contributed by atoms with E-state index in [0.717, 1.165) is 0 Å². The van der Waals surface area contributed by atoms with Crippen molar-refractivity contribution in [1.82, 2.24) is 9.55 Å². The maximum Gasteiger partial charge on any atom is 0.330 e. The average molecular weight is 496 g/mol. The summed E-state index contributed by atoms with van der Waals surface area (Å²) in [6.45, 7) is 23.0. The highest BCUT2D eigenvalue weighted by atomic mass is 28.4. The minimum atomic E-state index is -2.27. The van der Waals surface area contributed by atoms with Gasteiger partial charge in [-0.15, -0.1) is 0 Å². The van der Waals surface area contributed by atoms with Crippen LogP contribution in [-0.4, -0.2) is 44.5 Å². The van der Waals surface area contributed by atoms with Crippen LogP contribution in [0, 0.1) is 18.3 Å². The van der Waals surface area contributed by atoms with Gasteiger partial charge in [0, 0.05) is 18.2 Å². The van der Waals surface area contributed by atoms with Crippen LogP contribution < -0.4 is 11.2 Å². The van der Waals surface area contributed by atoms with Crippen LogP contribution >= 0.6 is 0 Å². The van der Waals surface area contributed by atoms with Crippen LogP contribution in [0.2, 0.25) is 36.3 Å². The maximum absolute atomic E-state index is 12.5. The zero-order valence-corrected chi connectivity index (χ0v) is 24.0. The normalized spacial score (nSPS) is 23.4. The van der Waals surface area contributed by atoms with Gasteiger partial charge in [0.25, 0.3) is 5.56 Å². The summed E-state index contributed by atoms with van der Waals surface area (Å²) in [7, 11) is -4.48. The first-order valence-electron chi connectivity index (χ1n) is 11.5. The molecule has 0 amide bonds. The van der Waals surface area contributed by atoms with Crippen molar-refractivity contribution < 1.29 is 13.6 Å². The molecule has 8 nitrogen and oxygen atoms in total. The van der Waals surface area contributed by atoms with Gasteiger partial charge in [-0.2, -0.15) is 5.26 Å². The molecule has 1 aromatic rings. The van der Waals surface area contributed by atoms with Crippen LogP contribution in [0.3, 0.4) is 0 Å². The number of nitrogens with one attached hydrogen (secondary N) is 1. The summed E-state index contributed by atoms with van der Waals surface area (Å²) in [5.41, 5.74) is -0.546. The first kappa shape index (κ1) is 27.7. The van der Waals surface area contributed by atoms with E-state index in [1.165, 1.54) is 10.8 Å². The van der Waals surface area contributed by atoms with Gasteiger partial charge in [-0.1, -0.05) is 41.5 Å². The lowest BCUT2D eigenvalue weighted by Crippen LogP contribution is -2.51. The second kappa shape index (κ2) is 9.26. The highest BCUT2D eigenvalue weighted by molar-refractivity contribution is 6.74. The summed E-state index contributed by atoms with van der Waals surface area (Å²) in [5.74, 6) is 0. The molecule has 0 bridgehead atoms. The summed E-state index contributed by atoms with van der Waals surface area (Å²) in [4.78, 5) is 26.7. The summed E-state index contributed by atoms with van der Waals surface area (Å²) in [5, 5.41) is 9.97. The Hall–Kier alpha value is -1.52. The zero-order valence-electron chi connectivity index (χ0n) is 22.0. The molecular formula is C23H41N3O5Si2. The summed E-state index contributed by atoms with van der Waals surface area (Å²) >= 11 is 0. The van der Waals surface area contributed by atoms with Gasteiger partial charge < -0.3 is 13.6 Å². The molecule has 0 radical (unpaired) electrons. The van der Waals surface area contributed by atoms with Crippen LogP contribution in [0.1, 0.15) is 59.8 Å². The number of aryl methyl sites for hydroxylation is 1. The van der Waals surface area contributed by atoms with Crippen LogP contribution in [-0.2, 0) is 13.6 Å². The van der Waals surface area contributed by atoms with Crippen molar-refractivity contribution in [3.05, 3.63) is 32.6 Å². The lowest BCUT2D eigenvalue weighted by Gasteiger charge is -2.42. The Balaban J connectivity index is 2.47. The molecule has 0 unspecified atom stereocenters. The molecule has 2 rings (SSSR count). The molecule has 0 saturated carbocycles. The topological polar surface area (TPSA) is 106 Å². The molecule has 0 aliphatic carbocycles. The molecule has 1 saturated heterocycles. The monoisotopic (exact) mass is 495 g/mol. The zero-order chi connectivity index (χ0) is 25.6. The van der Waals surface area contributed by atoms with Crippen molar-refractivity contribution in [3.63, 3.8) is 0 Å². The van der Waals surface area contributed by atoms with E-state index in [2.05, 4.69) is 78.8 Å². The summed E-state index contributed by atoms with van der Waals surface area (Å²) in [6.07, 6.45) is -0.654. The number of ether oxygens (including phenoxy) is 1. The molecular weight excluding hydrogens is 454 g/mol. The van der Waals surface area contributed by atoms with Gasteiger partial charge >= 0.3 is 5.69 Å². The highest BCUT2D eigenvalue weighted by Gasteiger charge is 2.50. The van der Waals surface area contributed by atoms with E-state index in [1.54, 1.807) is 6.92 Å². The number of rotatable bonds is 6. The van der Waals surface area contributed by atoms with E-state index in [9.17, 15) is 14.9 Å². The first-order valence-corrected chi connectivity index (χ1v) is 17.3. The smallest absolute Gasteiger partial charge is 0.330 e. The Kier molecular flexibility index (Phi) is 7.78. The molecule has 4 atom stereocenters. The van der Waals surface area contributed by atoms with Gasteiger partial charge in [0.15, 0.2) is 22.7 Å². The summed E-state index contributed by atoms with van der Waals surface area (Å²) in [6, 6.07) is 2.31. The van der Waals surface area contributed by atoms with Crippen LogP contribution in [0.25, 0.3) is 0 Å². The van der Waals surface area contributed by atoms with Crippen molar-refractivity contribution in [2.75, 3.05) is 0 Å². The van der Waals surface area contributed by atoms with E-state index in [1.807, 2.05) is 0 Å². The van der Waals surface area contributed by atoms with Crippen molar-refractivity contribution in [3.8, 4) is 6.07 Å². The molecule has 1 fully saturated rings. The second-order valence-corrected chi connectivity index (χ2v) is 21.6. The predicted molar refractivity (Wildman–Crippen MR) is 134 cm³/mol. The lowest BCUT2D eigenvalue weighted by molar-refractivity contribution is -0.0603. The first-order chi connectivity index (χ1) is 14.8. The van der Waals surface area contributed by atoms with Crippen molar-refractivity contribution in [1.29, 1.82) is 5.26 Å². The Morgan fingerprint density at radius 3 is 2.15 bits per heavy atom. The fourth-order valence-corrected chi connectivity index (χ4v) is 5.75. The molecule has 1 aromatic heterocycles. The minimum Gasteiger partial charge on any atom is -0.411 e. The quantitative estimate of drug-likeness (QED) is 0.585. The number of hydrogen-bond acceptors (Lipinski definition) is 6. The number of H-pyrrole nitrogens is 1. The van der Waals surface area contributed by atoms with Gasteiger partial charge in [-0.3, -0.25) is 14.3 Å². The molecule has 1 N–H and O–H groups in total. The van der Waals surface area contributed by atoms with Gasteiger partial charge in [0.2, 0.25) is 0 Å². The predicted octanol–water partition coefficient (Wildman–Crippen LogP) is 4.44. The van der Waals surface area contributed by atoms with E-state index in [-0.39, 0.29) is 10.1 Å².